The Balaban J connectivity index is 2.22. The second kappa shape index (κ2) is 13.5. The summed E-state index contributed by atoms with van der Waals surface area (Å²) in [6.07, 6.45) is -4.53. The van der Waals surface area contributed by atoms with E-state index in [1.165, 1.54) is 12.3 Å². The topological polar surface area (TPSA) is 231 Å². The van der Waals surface area contributed by atoms with Gasteiger partial charge in [0.15, 0.2) is 18.4 Å². The Kier molecular flexibility index (Phi) is 10.1. The Bertz CT molecular complexity index is 1430. The number of carbonyl (C=O) groups is 3. The van der Waals surface area contributed by atoms with Crippen LogP contribution in [0.3, 0.4) is 0 Å². The molecule has 0 radical (unpaired) electrons. The van der Waals surface area contributed by atoms with Gasteiger partial charge in [0.25, 0.3) is 11.4 Å². The molecule has 2 aromatic rings. The molecular formula is C24H27N5O13. The largest absolute Gasteiger partial charge is 0.478 e. The van der Waals surface area contributed by atoms with Crippen molar-refractivity contribution in [1.82, 2.24) is 9.55 Å². The first-order chi connectivity index (χ1) is 19.8. The zero-order chi connectivity index (χ0) is 31.1. The van der Waals surface area contributed by atoms with Gasteiger partial charge in [-0.15, -0.1) is 0 Å². The summed E-state index contributed by atoms with van der Waals surface area (Å²) in [6.45, 7) is 4.59. The standard InChI is InChI=1S/C24H27N5O13/c1-5-38-19-8-9-27(24(33)26-19)23-20(25-16-7-6-15(28(34)35)10-17(16)29(36)37)22(41-14(4)32)21(40-13(3)31)18(42-23)11-39-12(2)30/h6-10,18,20-23,25H,5,11H2,1-4H3/t18-,20+,21+,22-,23-/m0/s1. The highest BCUT2D eigenvalue weighted by Gasteiger charge is 2.52. The molecule has 1 N–H and O–H groups in total. The third-order valence-electron chi connectivity index (χ3n) is 5.80. The summed E-state index contributed by atoms with van der Waals surface area (Å²) in [5.74, 6) is -2.45. The van der Waals surface area contributed by atoms with Crippen LogP contribution in [0.15, 0.2) is 35.3 Å². The maximum atomic E-state index is 13.1. The number of hydrogen-bond acceptors (Lipinski definition) is 15. The van der Waals surface area contributed by atoms with Crippen molar-refractivity contribution in [1.29, 1.82) is 0 Å². The van der Waals surface area contributed by atoms with Crippen LogP contribution in [0.25, 0.3) is 0 Å². The van der Waals surface area contributed by atoms with E-state index in [1.54, 1.807) is 6.92 Å². The van der Waals surface area contributed by atoms with Crippen molar-refractivity contribution in [2.45, 2.75) is 58.3 Å². The van der Waals surface area contributed by atoms with Crippen LogP contribution in [0.2, 0.25) is 0 Å². The van der Waals surface area contributed by atoms with E-state index >= 15 is 0 Å². The van der Waals surface area contributed by atoms with Crippen LogP contribution >= 0.6 is 0 Å². The number of nitro benzene ring substituents is 2. The lowest BCUT2D eigenvalue weighted by molar-refractivity contribution is -0.393. The molecule has 5 atom stereocenters. The monoisotopic (exact) mass is 593 g/mol. The second-order valence-electron chi connectivity index (χ2n) is 8.79. The van der Waals surface area contributed by atoms with Gasteiger partial charge in [-0.1, -0.05) is 0 Å². The van der Waals surface area contributed by atoms with Crippen LogP contribution in [0, 0.1) is 20.2 Å². The van der Waals surface area contributed by atoms with Gasteiger partial charge in [0.2, 0.25) is 5.88 Å². The van der Waals surface area contributed by atoms with Crippen LogP contribution in [0.5, 0.6) is 5.88 Å². The number of benzene rings is 1. The molecule has 18 nitrogen and oxygen atoms in total. The Labute approximate surface area is 236 Å². The Hall–Kier alpha value is -5.13. The van der Waals surface area contributed by atoms with Gasteiger partial charge in [-0.3, -0.25) is 39.2 Å². The van der Waals surface area contributed by atoms with Crippen LogP contribution in [-0.2, 0) is 33.3 Å². The average Bonchev–Trinajstić information content (AvgIpc) is 2.89. The molecule has 1 aliphatic rings. The van der Waals surface area contributed by atoms with Crippen molar-refractivity contribution in [3.05, 3.63) is 61.2 Å². The van der Waals surface area contributed by atoms with E-state index in [0.717, 1.165) is 37.5 Å². The summed E-state index contributed by atoms with van der Waals surface area (Å²) in [5.41, 5.74) is -2.50. The van der Waals surface area contributed by atoms with Gasteiger partial charge in [0.05, 0.1) is 22.5 Å². The van der Waals surface area contributed by atoms with Crippen molar-refractivity contribution in [3.8, 4) is 5.88 Å². The third-order valence-corrected chi connectivity index (χ3v) is 5.80. The van der Waals surface area contributed by atoms with Crippen LogP contribution in [-0.4, -0.2) is 74.9 Å². The van der Waals surface area contributed by atoms with E-state index in [-0.39, 0.29) is 18.2 Å². The number of nitro groups is 2. The molecule has 2 heterocycles. The molecule has 0 unspecified atom stereocenters. The summed E-state index contributed by atoms with van der Waals surface area (Å²) in [4.78, 5) is 74.2. The molecule has 18 heteroatoms. The van der Waals surface area contributed by atoms with Crippen molar-refractivity contribution in [3.63, 3.8) is 0 Å². The van der Waals surface area contributed by atoms with E-state index in [9.17, 15) is 39.4 Å². The van der Waals surface area contributed by atoms with Crippen LogP contribution < -0.4 is 15.7 Å². The molecule has 42 heavy (non-hydrogen) atoms. The van der Waals surface area contributed by atoms with Gasteiger partial charge < -0.3 is 29.0 Å². The first-order valence-electron chi connectivity index (χ1n) is 12.4. The molecule has 3 rings (SSSR count). The zero-order valence-corrected chi connectivity index (χ0v) is 22.8. The van der Waals surface area contributed by atoms with Crippen LogP contribution in [0.4, 0.5) is 17.1 Å². The maximum absolute atomic E-state index is 13.1. The molecular weight excluding hydrogens is 566 g/mol. The number of hydrogen-bond donors (Lipinski definition) is 1. The van der Waals surface area contributed by atoms with Crippen molar-refractivity contribution in [2.75, 3.05) is 18.5 Å². The van der Waals surface area contributed by atoms with Gasteiger partial charge in [0.1, 0.15) is 24.4 Å². The minimum absolute atomic E-state index is 0.0177. The third kappa shape index (κ3) is 7.53. The summed E-state index contributed by atoms with van der Waals surface area (Å²) in [6, 6.07) is 2.65. The smallest absolute Gasteiger partial charge is 0.353 e. The van der Waals surface area contributed by atoms with Gasteiger partial charge in [-0.05, 0) is 13.0 Å². The lowest BCUT2D eigenvalue weighted by Gasteiger charge is -2.45. The normalized spacial score (nSPS) is 21.5. The Morgan fingerprint density at radius 1 is 1.02 bits per heavy atom. The molecule has 1 fully saturated rings. The quantitative estimate of drug-likeness (QED) is 0.167. The lowest BCUT2D eigenvalue weighted by Crippen LogP contribution is -2.62. The highest BCUT2D eigenvalue weighted by atomic mass is 16.6. The number of esters is 3. The van der Waals surface area contributed by atoms with E-state index in [2.05, 4.69) is 10.3 Å². The molecule has 0 saturated carbocycles. The molecule has 1 saturated heterocycles. The van der Waals surface area contributed by atoms with E-state index in [1.807, 2.05) is 0 Å². The Morgan fingerprint density at radius 2 is 1.69 bits per heavy atom. The number of nitrogens with one attached hydrogen (secondary N) is 1. The second-order valence-corrected chi connectivity index (χ2v) is 8.79. The van der Waals surface area contributed by atoms with E-state index in [4.69, 9.17) is 23.7 Å². The summed E-state index contributed by atoms with van der Waals surface area (Å²) >= 11 is 0. The van der Waals surface area contributed by atoms with Crippen molar-refractivity contribution >= 4 is 35.0 Å². The van der Waals surface area contributed by atoms with E-state index < -0.39 is 82.0 Å². The molecule has 0 amide bonds. The summed E-state index contributed by atoms with van der Waals surface area (Å²) in [5, 5.41) is 25.9. The number of non-ortho nitro benzene ring substituents is 1. The highest BCUT2D eigenvalue weighted by molar-refractivity contribution is 5.69. The minimum Gasteiger partial charge on any atom is -0.478 e. The fourth-order valence-electron chi connectivity index (χ4n) is 4.22. The minimum atomic E-state index is -1.51. The average molecular weight is 594 g/mol. The van der Waals surface area contributed by atoms with Crippen molar-refractivity contribution < 1.29 is 47.9 Å². The molecule has 0 bridgehead atoms. The SMILES string of the molecule is CCOc1ccn([C@H]2O[C@@H](COC(C)=O)[C@@H](OC(C)=O)[C@@H](OC(C)=O)[C@H]2Nc2ccc([N+](=O)[O-])cc2[N+](=O)[O-])c(=O)n1. The van der Waals surface area contributed by atoms with E-state index in [0.29, 0.717) is 6.07 Å². The molecule has 1 aromatic carbocycles. The summed E-state index contributed by atoms with van der Waals surface area (Å²) in [7, 11) is 0. The fraction of sp³-hybridized carbons (Fsp3) is 0.458. The molecule has 0 spiro atoms. The fourth-order valence-corrected chi connectivity index (χ4v) is 4.22. The highest BCUT2D eigenvalue weighted by Crippen LogP contribution is 2.37. The van der Waals surface area contributed by atoms with Gasteiger partial charge >= 0.3 is 23.6 Å². The first kappa shape index (κ1) is 31.4. The van der Waals surface area contributed by atoms with Gasteiger partial charge in [-0.2, -0.15) is 4.98 Å². The molecule has 226 valence electrons. The number of aromatic nitrogens is 2. The number of rotatable bonds is 11. The predicted molar refractivity (Wildman–Crippen MR) is 138 cm³/mol. The number of nitrogens with zero attached hydrogens (tertiary/aromatic N) is 4. The zero-order valence-electron chi connectivity index (χ0n) is 22.8. The van der Waals surface area contributed by atoms with Gasteiger partial charge in [-0.25, -0.2) is 4.79 Å². The lowest BCUT2D eigenvalue weighted by atomic mass is 9.94. The maximum Gasteiger partial charge on any atom is 0.353 e. The molecule has 0 aliphatic carbocycles. The van der Waals surface area contributed by atoms with Crippen LogP contribution in [0.1, 0.15) is 33.9 Å². The number of carbonyl (C=O) groups excluding carboxylic acids is 3. The predicted octanol–water partition coefficient (Wildman–Crippen LogP) is 1.26. The number of anilines is 1. The van der Waals surface area contributed by atoms with Gasteiger partial charge in [0, 0.05) is 39.1 Å². The van der Waals surface area contributed by atoms with Crippen molar-refractivity contribution in [2.24, 2.45) is 0 Å². The molecule has 1 aromatic heterocycles. The number of ether oxygens (including phenoxy) is 5. The Morgan fingerprint density at radius 3 is 2.24 bits per heavy atom. The molecule has 1 aliphatic heterocycles. The summed E-state index contributed by atoms with van der Waals surface area (Å²) < 4.78 is 28.2. The first-order valence-corrected chi connectivity index (χ1v) is 12.4.